The highest BCUT2D eigenvalue weighted by Crippen LogP contribution is 2.28. The summed E-state index contributed by atoms with van der Waals surface area (Å²) in [5.74, 6) is -17.4. The average Bonchev–Trinajstić information content (AvgIpc) is 1.54. The lowest BCUT2D eigenvalue weighted by atomic mass is 9.99. The first kappa shape index (κ1) is 102. The molecule has 0 saturated carbocycles. The number of likely N-dealkylation sites (N-methyl/N-ethyl adjacent to an activating group) is 3. The molecule has 0 aliphatic carbocycles. The van der Waals surface area contributed by atoms with Crippen LogP contribution in [0.2, 0.25) is 0 Å². The van der Waals surface area contributed by atoms with Gasteiger partial charge in [0.2, 0.25) is 106 Å². The summed E-state index contributed by atoms with van der Waals surface area (Å²) in [4.78, 5) is 280. The van der Waals surface area contributed by atoms with Crippen LogP contribution in [0.1, 0.15) is 140 Å². The van der Waals surface area contributed by atoms with Gasteiger partial charge in [-0.15, -0.1) is 0 Å². The number of para-hydroxylation sites is 2. The van der Waals surface area contributed by atoms with Gasteiger partial charge in [-0.05, 0) is 92.3 Å². The van der Waals surface area contributed by atoms with Gasteiger partial charge in [-0.2, -0.15) is 0 Å². The number of aromatic hydroxyl groups is 1. The van der Waals surface area contributed by atoms with Gasteiger partial charge in [-0.3, -0.25) is 86.3 Å². The minimum atomic E-state index is -1.80. The topological polar surface area (TPSA) is 635 Å². The number of hydrogen-bond acceptors (Lipinski definition) is 22. The third-order valence-corrected chi connectivity index (χ3v) is 23.8. The van der Waals surface area contributed by atoms with Crippen molar-refractivity contribution in [3.05, 3.63) is 120 Å². The van der Waals surface area contributed by atoms with E-state index in [1.54, 1.807) is 74.8 Å². The molecule has 43 heteroatoms. The number of nitrogens with zero attached hydrogens (tertiary/aromatic N) is 6. The molecular weight excluding hydrogens is 1710 g/mol. The standard InChI is InChI=1S/C89H123N23O20/c1-9-11-22-68-82(125)103-61(32-48(3)4)80(123)107-67(79(122)97-43-74(92)117)42-93-44-75(118)100-64(33-50-25-27-54(113)28-26-50)85(128)108(6)49(5)77(120)106-66(38-73(91)116)88(131)111-31-17-24-69(111)83(126)105-63(36-53-41-94-47-99-53)81(124)102-60(29-30-72(90)115)87(130)112-46-55(114)37-71(112)84(127)104-62(34-51-39-95-58-20-15-13-18-56(51)58)78(121)98-45-76(119)101-65(35-52-40-96-59-21-16-14-19-57(52)59)86(129)110(8)70(23-12-10-2)89(132)109(68)7/h13-16,18-21,25-28,39-41,47-49,55,60-71,93,95-96,113-114H,9-12,17,22-24,29-38,42-46H2,1-8H3,(H2,90,115)(H2,91,116)(H2,92,117)(H,94,99)(H,97,122)(H,98,121)(H,100,118)(H,101,119)(H,102,124)(H,103,125)(H,104,127)(H,105,126)(H,106,120)(H,107,123)/t49-,55+,60-,61-,62-,63-,64-,65-,66-,67-,68-,69-,70-,71-/m0/s1. The zero-order chi connectivity index (χ0) is 96.3. The molecule has 0 radical (unpaired) electrons. The monoisotopic (exact) mass is 1830 g/mol. The molecule has 14 atom stereocenters. The third-order valence-electron chi connectivity index (χ3n) is 23.8. The van der Waals surface area contributed by atoms with E-state index in [1.165, 1.54) is 74.7 Å². The molecule has 3 fully saturated rings. The summed E-state index contributed by atoms with van der Waals surface area (Å²) >= 11 is 0. The van der Waals surface area contributed by atoms with Crippen LogP contribution in [0.5, 0.6) is 5.75 Å². The minimum absolute atomic E-state index is 0.0351. The number of amides is 18. The fraction of sp³-hybridized carbons (Fsp3) is 0.517. The van der Waals surface area contributed by atoms with Gasteiger partial charge >= 0.3 is 0 Å². The van der Waals surface area contributed by atoms with E-state index >= 15 is 33.6 Å². The fourth-order valence-corrected chi connectivity index (χ4v) is 16.4. The molecule has 3 aliphatic heterocycles. The first-order valence-corrected chi connectivity index (χ1v) is 44.3. The van der Waals surface area contributed by atoms with E-state index in [2.05, 4.69) is 78.4 Å². The summed E-state index contributed by atoms with van der Waals surface area (Å²) in [5, 5.41) is 51.9. The average molecular weight is 1840 g/mol. The normalized spacial score (nSPS) is 24.5. The maximum atomic E-state index is 15.6. The van der Waals surface area contributed by atoms with E-state index in [1.807, 2.05) is 13.8 Å². The Balaban J connectivity index is 1.08. The lowest BCUT2D eigenvalue weighted by Crippen LogP contribution is -2.61. The van der Waals surface area contributed by atoms with E-state index in [0.717, 1.165) is 14.7 Å². The first-order valence-electron chi connectivity index (χ1n) is 44.3. The maximum Gasteiger partial charge on any atom is 0.246 e. The predicted molar refractivity (Wildman–Crippen MR) is 479 cm³/mol. The molecule has 3 aromatic carbocycles. The second kappa shape index (κ2) is 48.1. The molecule has 0 bridgehead atoms. The largest absolute Gasteiger partial charge is 0.508 e. The number of fused-ring (bicyclic) bond motifs is 4. The molecule has 6 heterocycles. The number of unbranched alkanes of at least 4 members (excludes halogenated alkanes) is 2. The molecular formula is C89H123N23O20. The van der Waals surface area contributed by atoms with Crippen molar-refractivity contribution in [2.45, 2.75) is 228 Å². The second-order valence-electron chi connectivity index (χ2n) is 34.1. The number of benzene rings is 3. The van der Waals surface area contributed by atoms with Gasteiger partial charge in [0.1, 0.15) is 84.3 Å². The lowest BCUT2D eigenvalue weighted by Gasteiger charge is -2.36. The number of carbonyl (C=O) groups is 18. The van der Waals surface area contributed by atoms with Gasteiger partial charge < -0.3 is 125 Å². The van der Waals surface area contributed by atoms with Crippen LogP contribution in [0.4, 0.5) is 0 Å². The van der Waals surface area contributed by atoms with Gasteiger partial charge in [0.15, 0.2) is 0 Å². The molecule has 3 aliphatic rings. The number of carbonyl (C=O) groups excluding carboxylic acids is 18. The van der Waals surface area contributed by atoms with Crippen LogP contribution in [0.25, 0.3) is 21.8 Å². The molecule has 3 aromatic heterocycles. The number of nitrogens with one attached hydrogen (secondary N) is 14. The Labute approximate surface area is 762 Å². The molecule has 6 aromatic rings. The number of aliphatic hydroxyl groups is 1. The van der Waals surface area contributed by atoms with Crippen molar-refractivity contribution in [3.63, 3.8) is 0 Å². The number of hydrogen-bond donors (Lipinski definition) is 19. The molecule has 18 amide bonds. The number of aromatic nitrogens is 4. The van der Waals surface area contributed by atoms with Gasteiger partial charge in [-0.25, -0.2) is 4.98 Å². The summed E-state index contributed by atoms with van der Waals surface area (Å²) in [5.41, 5.74) is 19.8. The van der Waals surface area contributed by atoms with Crippen LogP contribution < -0.4 is 75.7 Å². The van der Waals surface area contributed by atoms with Crippen LogP contribution in [0, 0.1) is 5.92 Å². The lowest BCUT2D eigenvalue weighted by molar-refractivity contribution is -0.149. The molecule has 3 saturated heterocycles. The molecule has 22 N–H and O–H groups in total. The summed E-state index contributed by atoms with van der Waals surface area (Å²) in [6, 6.07) is -0.301. The van der Waals surface area contributed by atoms with Crippen LogP contribution >= 0.6 is 0 Å². The maximum absolute atomic E-state index is 15.6. The Hall–Kier alpha value is -13.9. The van der Waals surface area contributed by atoms with Crippen molar-refractivity contribution in [1.82, 2.24) is 103 Å². The van der Waals surface area contributed by atoms with Gasteiger partial charge in [0, 0.05) is 125 Å². The number of aromatic amines is 3. The number of nitrogens with two attached hydrogens (primary N) is 3. The van der Waals surface area contributed by atoms with Gasteiger partial charge in [0.05, 0.1) is 38.5 Å². The van der Waals surface area contributed by atoms with Crippen molar-refractivity contribution < 1.29 is 96.5 Å². The van der Waals surface area contributed by atoms with E-state index in [0.29, 0.717) is 64.2 Å². The van der Waals surface area contributed by atoms with Crippen LogP contribution in [-0.4, -0.2) is 306 Å². The number of primary amides is 3. The van der Waals surface area contributed by atoms with Crippen molar-refractivity contribution in [3.8, 4) is 5.75 Å². The van der Waals surface area contributed by atoms with Gasteiger partial charge in [0.25, 0.3) is 0 Å². The SMILES string of the molecule is CCCC[C@H]1C(=O)N(C)[C@@H](CCCC)C(=O)N[C@@H](CC(C)C)C(=O)N[C@H](C(=O)NCC(N)=O)CNCC(=O)N[C@@H](Cc2ccc(O)cc2)C(=O)N(C)[C@@H](C)C(=O)N[C@@H](CC(N)=O)C(=O)N2CCC[C@H]2C(=O)N[C@@H](Cc2cnc[nH]2)C(=O)N[C@@H](CCC(N)=O)C(=O)N2C[C@H](O)C[C@H]2C(=O)N[C@@H](Cc2c[nH]c3ccccc23)C(=O)NCC(=O)N[C@@H](Cc2c[nH]c3ccccc23)C(=O)N1C. The van der Waals surface area contributed by atoms with E-state index < -0.39 is 249 Å². The number of phenolic OH excluding ortho intramolecular Hbond substituents is 1. The zero-order valence-electron chi connectivity index (χ0n) is 75.3. The number of rotatable bonds is 24. The molecule has 9 rings (SSSR count). The molecule has 0 spiro atoms. The summed E-state index contributed by atoms with van der Waals surface area (Å²) in [6.07, 6.45) is 2.94. The highest BCUT2D eigenvalue weighted by molar-refractivity contribution is 6.02. The van der Waals surface area contributed by atoms with Crippen LogP contribution in [-0.2, 0) is 112 Å². The number of phenols is 1. The van der Waals surface area contributed by atoms with Crippen LogP contribution in [0.15, 0.2) is 97.7 Å². The van der Waals surface area contributed by atoms with Crippen molar-refractivity contribution in [2.75, 3.05) is 60.4 Å². The first-order chi connectivity index (χ1) is 62.8. The highest BCUT2D eigenvalue weighted by atomic mass is 16.3. The molecule has 714 valence electrons. The summed E-state index contributed by atoms with van der Waals surface area (Å²) in [7, 11) is 3.96. The predicted octanol–water partition coefficient (Wildman–Crippen LogP) is -3.43. The quantitative estimate of drug-likeness (QED) is 0.0280. The van der Waals surface area contributed by atoms with Crippen LogP contribution in [0.3, 0.4) is 0 Å². The van der Waals surface area contributed by atoms with Crippen molar-refractivity contribution in [1.29, 1.82) is 0 Å². The summed E-state index contributed by atoms with van der Waals surface area (Å²) in [6.45, 7) is 5.01. The minimum Gasteiger partial charge on any atom is -0.508 e. The van der Waals surface area contributed by atoms with E-state index in [4.69, 9.17) is 17.2 Å². The zero-order valence-corrected chi connectivity index (χ0v) is 75.3. The van der Waals surface area contributed by atoms with E-state index in [-0.39, 0.29) is 81.7 Å². The molecule has 0 unspecified atom stereocenters. The highest BCUT2D eigenvalue weighted by Gasteiger charge is 2.46. The number of H-pyrrole nitrogens is 3. The Bertz CT molecular complexity index is 5140. The Morgan fingerprint density at radius 2 is 1.08 bits per heavy atom. The second-order valence-corrected chi connectivity index (χ2v) is 34.1. The molecule has 43 nitrogen and oxygen atoms in total. The Kier molecular flexibility index (Phi) is 37.2. The number of imidazole rings is 1. The van der Waals surface area contributed by atoms with Crippen molar-refractivity contribution >= 4 is 128 Å². The van der Waals surface area contributed by atoms with E-state index in [9.17, 15) is 63.0 Å². The van der Waals surface area contributed by atoms with Gasteiger partial charge in [-0.1, -0.05) is 102 Å². The Morgan fingerprint density at radius 3 is 1.67 bits per heavy atom. The number of aliphatic hydroxyl groups excluding tert-OH is 1. The third kappa shape index (κ3) is 28.1. The molecule has 132 heavy (non-hydrogen) atoms. The Morgan fingerprint density at radius 1 is 0.530 bits per heavy atom. The smallest absolute Gasteiger partial charge is 0.246 e. The summed E-state index contributed by atoms with van der Waals surface area (Å²) < 4.78 is 0. The fourth-order valence-electron chi connectivity index (χ4n) is 16.4. The van der Waals surface area contributed by atoms with Crippen molar-refractivity contribution in [2.24, 2.45) is 23.1 Å².